The van der Waals surface area contributed by atoms with E-state index in [9.17, 15) is 19.3 Å². The molecule has 0 radical (unpaired) electrons. The molecule has 3 aromatic rings. The van der Waals surface area contributed by atoms with Gasteiger partial charge >= 0.3 is 0 Å². The Kier molecular flexibility index (Phi) is 4.23. The van der Waals surface area contributed by atoms with Crippen molar-refractivity contribution in [3.63, 3.8) is 0 Å². The zero-order valence-corrected chi connectivity index (χ0v) is 14.4. The van der Waals surface area contributed by atoms with E-state index in [1.165, 1.54) is 12.1 Å². The fourth-order valence-electron chi connectivity index (χ4n) is 3.48. The number of fused-ring (bicyclic) bond motifs is 1. The first-order valence-corrected chi connectivity index (χ1v) is 8.59. The summed E-state index contributed by atoms with van der Waals surface area (Å²) >= 11 is 0. The predicted octanol–water partition coefficient (Wildman–Crippen LogP) is 3.18. The van der Waals surface area contributed by atoms with E-state index in [0.717, 1.165) is 17.0 Å². The Bertz CT molecular complexity index is 1020. The van der Waals surface area contributed by atoms with Crippen LogP contribution in [-0.4, -0.2) is 46.9 Å². The van der Waals surface area contributed by atoms with Gasteiger partial charge < -0.3 is 14.8 Å². The van der Waals surface area contributed by atoms with E-state index in [1.807, 2.05) is 29.2 Å². The van der Waals surface area contributed by atoms with Gasteiger partial charge in [-0.05, 0) is 18.2 Å². The van der Waals surface area contributed by atoms with Crippen molar-refractivity contribution in [2.24, 2.45) is 0 Å². The van der Waals surface area contributed by atoms with Gasteiger partial charge in [-0.15, -0.1) is 0 Å². The van der Waals surface area contributed by atoms with Crippen molar-refractivity contribution in [2.45, 2.75) is 0 Å². The number of carbonyl (C=O) groups is 1. The van der Waals surface area contributed by atoms with Gasteiger partial charge in [-0.2, -0.15) is 0 Å². The number of nitro benzene ring substituents is 1. The lowest BCUT2D eigenvalue weighted by Crippen LogP contribution is -2.48. The first-order valence-electron chi connectivity index (χ1n) is 8.59. The molecule has 1 aliphatic heterocycles. The van der Waals surface area contributed by atoms with Crippen LogP contribution >= 0.6 is 0 Å². The fourth-order valence-corrected chi connectivity index (χ4v) is 3.48. The summed E-state index contributed by atoms with van der Waals surface area (Å²) in [5, 5.41) is 12.1. The monoisotopic (exact) mass is 368 g/mol. The van der Waals surface area contributed by atoms with E-state index in [-0.39, 0.29) is 11.6 Å². The maximum absolute atomic E-state index is 13.3. The highest BCUT2D eigenvalue weighted by Crippen LogP contribution is 2.30. The molecule has 1 saturated heterocycles. The van der Waals surface area contributed by atoms with Crippen molar-refractivity contribution in [1.29, 1.82) is 0 Å². The van der Waals surface area contributed by atoms with Crippen LogP contribution in [0.25, 0.3) is 10.9 Å². The number of carbonyl (C=O) groups excluding carboxylic acids is 1. The molecule has 0 spiro atoms. The average Bonchev–Trinajstić information content (AvgIpc) is 3.11. The minimum atomic E-state index is -0.640. The lowest BCUT2D eigenvalue weighted by Gasteiger charge is -2.35. The SMILES string of the molecule is O=C(c1c[nH]c2ccccc12)N1CCN(c2ccc(F)cc2[N+](=O)[O-])CC1. The molecule has 8 heteroatoms. The summed E-state index contributed by atoms with van der Waals surface area (Å²) in [4.78, 5) is 30.2. The van der Waals surface area contributed by atoms with Gasteiger partial charge in [0.1, 0.15) is 11.5 Å². The Morgan fingerprint density at radius 1 is 1.11 bits per heavy atom. The van der Waals surface area contributed by atoms with Crippen LogP contribution in [-0.2, 0) is 0 Å². The molecule has 0 saturated carbocycles. The van der Waals surface area contributed by atoms with Crippen LogP contribution in [0.3, 0.4) is 0 Å². The number of benzene rings is 2. The summed E-state index contributed by atoms with van der Waals surface area (Å²) in [6.07, 6.45) is 1.71. The third-order valence-electron chi connectivity index (χ3n) is 4.86. The van der Waals surface area contributed by atoms with Crippen LogP contribution in [0.5, 0.6) is 0 Å². The summed E-state index contributed by atoms with van der Waals surface area (Å²) in [6.45, 7) is 1.76. The number of aromatic nitrogens is 1. The van der Waals surface area contributed by atoms with Crippen LogP contribution in [0.15, 0.2) is 48.7 Å². The van der Waals surface area contributed by atoms with Crippen LogP contribution in [0.2, 0.25) is 0 Å². The number of halogens is 1. The molecule has 0 bridgehead atoms. The Balaban J connectivity index is 1.51. The maximum atomic E-state index is 13.3. The summed E-state index contributed by atoms with van der Waals surface area (Å²) in [5.41, 5.74) is 1.64. The number of nitrogens with one attached hydrogen (secondary N) is 1. The topological polar surface area (TPSA) is 82.5 Å². The molecule has 1 N–H and O–H groups in total. The first kappa shape index (κ1) is 17.0. The zero-order chi connectivity index (χ0) is 19.0. The smallest absolute Gasteiger partial charge is 0.295 e. The molecule has 0 aliphatic carbocycles. The van der Waals surface area contributed by atoms with Crippen LogP contribution in [0.4, 0.5) is 15.8 Å². The minimum absolute atomic E-state index is 0.0688. The van der Waals surface area contributed by atoms with Crippen LogP contribution < -0.4 is 4.90 Å². The summed E-state index contributed by atoms with van der Waals surface area (Å²) < 4.78 is 13.3. The van der Waals surface area contributed by atoms with E-state index < -0.39 is 10.7 Å². The second-order valence-corrected chi connectivity index (χ2v) is 6.42. The lowest BCUT2D eigenvalue weighted by molar-refractivity contribution is -0.384. The second kappa shape index (κ2) is 6.71. The Morgan fingerprint density at radius 3 is 2.59 bits per heavy atom. The number of aromatic amines is 1. The van der Waals surface area contributed by atoms with E-state index in [0.29, 0.717) is 37.4 Å². The number of hydrogen-bond donors (Lipinski definition) is 1. The average molecular weight is 368 g/mol. The summed E-state index contributed by atoms with van der Waals surface area (Å²) in [7, 11) is 0. The molecular formula is C19H17FN4O3. The molecule has 0 atom stereocenters. The van der Waals surface area contributed by atoms with Gasteiger partial charge in [-0.1, -0.05) is 18.2 Å². The normalized spacial score (nSPS) is 14.6. The van der Waals surface area contributed by atoms with Gasteiger partial charge in [0.25, 0.3) is 11.6 Å². The molecule has 138 valence electrons. The number of nitrogens with zero attached hydrogens (tertiary/aromatic N) is 3. The number of nitro groups is 1. The molecule has 2 aromatic carbocycles. The Morgan fingerprint density at radius 2 is 1.85 bits per heavy atom. The molecular weight excluding hydrogens is 351 g/mol. The molecule has 27 heavy (non-hydrogen) atoms. The molecule has 4 rings (SSSR count). The third kappa shape index (κ3) is 3.10. The van der Waals surface area contributed by atoms with Crippen LogP contribution in [0.1, 0.15) is 10.4 Å². The summed E-state index contributed by atoms with van der Waals surface area (Å²) in [5.74, 6) is -0.709. The number of H-pyrrole nitrogens is 1. The van der Waals surface area contributed by atoms with Gasteiger partial charge in [0.15, 0.2) is 0 Å². The second-order valence-electron chi connectivity index (χ2n) is 6.42. The molecule has 1 aliphatic rings. The molecule has 1 amide bonds. The number of anilines is 1. The number of hydrogen-bond acceptors (Lipinski definition) is 4. The largest absolute Gasteiger partial charge is 0.362 e. The van der Waals surface area contributed by atoms with Crippen molar-refractivity contribution in [2.75, 3.05) is 31.1 Å². The molecule has 1 fully saturated rings. The van der Waals surface area contributed by atoms with E-state index in [1.54, 1.807) is 11.1 Å². The molecule has 7 nitrogen and oxygen atoms in total. The Labute approximate surface area is 154 Å². The van der Waals surface area contributed by atoms with Gasteiger partial charge in [-0.3, -0.25) is 14.9 Å². The first-order chi connectivity index (χ1) is 13.0. The van der Waals surface area contributed by atoms with Crippen molar-refractivity contribution in [1.82, 2.24) is 9.88 Å². The quantitative estimate of drug-likeness (QED) is 0.569. The van der Waals surface area contributed by atoms with E-state index in [2.05, 4.69) is 4.98 Å². The predicted molar refractivity (Wildman–Crippen MR) is 99.5 cm³/mol. The number of para-hydroxylation sites is 1. The minimum Gasteiger partial charge on any atom is -0.362 e. The van der Waals surface area contributed by atoms with Crippen molar-refractivity contribution >= 4 is 28.2 Å². The number of piperazine rings is 1. The van der Waals surface area contributed by atoms with Gasteiger partial charge in [-0.25, -0.2) is 4.39 Å². The highest BCUT2D eigenvalue weighted by Gasteiger charge is 2.27. The van der Waals surface area contributed by atoms with Crippen molar-refractivity contribution in [3.05, 3.63) is 70.2 Å². The van der Waals surface area contributed by atoms with Crippen LogP contribution in [0, 0.1) is 15.9 Å². The van der Waals surface area contributed by atoms with E-state index >= 15 is 0 Å². The highest BCUT2D eigenvalue weighted by molar-refractivity contribution is 6.06. The van der Waals surface area contributed by atoms with Gasteiger partial charge in [0.05, 0.1) is 16.6 Å². The van der Waals surface area contributed by atoms with Crippen molar-refractivity contribution < 1.29 is 14.1 Å². The standard InChI is InChI=1S/C19H17FN4O3/c20-13-5-6-17(18(11-13)24(26)27)22-7-9-23(10-8-22)19(25)15-12-21-16-4-2-1-3-14(15)16/h1-6,11-12,21H,7-10H2. The van der Waals surface area contributed by atoms with Gasteiger partial charge in [0, 0.05) is 43.3 Å². The van der Waals surface area contributed by atoms with E-state index in [4.69, 9.17) is 0 Å². The molecule has 0 unspecified atom stereocenters. The maximum Gasteiger partial charge on any atom is 0.295 e. The Hall–Kier alpha value is -3.42. The lowest BCUT2D eigenvalue weighted by atomic mass is 10.1. The third-order valence-corrected chi connectivity index (χ3v) is 4.86. The highest BCUT2D eigenvalue weighted by atomic mass is 19.1. The molecule has 2 heterocycles. The number of amides is 1. The molecule has 1 aromatic heterocycles. The van der Waals surface area contributed by atoms with Crippen molar-refractivity contribution in [3.8, 4) is 0 Å². The fraction of sp³-hybridized carbons (Fsp3) is 0.211. The number of rotatable bonds is 3. The zero-order valence-electron chi connectivity index (χ0n) is 14.4. The summed E-state index contributed by atoms with van der Waals surface area (Å²) in [6, 6.07) is 11.2. The van der Waals surface area contributed by atoms with Gasteiger partial charge in [0.2, 0.25) is 0 Å².